The molecule has 144 valence electrons. The Morgan fingerprint density at radius 2 is 1.70 bits per heavy atom. The highest BCUT2D eigenvalue weighted by Crippen LogP contribution is 2.24. The number of amides is 2. The molecule has 0 bridgehead atoms. The standard InChI is InChI=1S/C19H19F3N2O3/c1-12-5-4-6-16(13(12)2)18(26)24(3)11-17(25)23-14-7-9-15(10-8-14)27-19(20,21)22/h4-10H,11H2,1-3H3,(H,23,25). The molecule has 0 unspecified atom stereocenters. The number of hydrogen-bond donors (Lipinski definition) is 1. The molecule has 0 aliphatic heterocycles. The average molecular weight is 380 g/mol. The van der Waals surface area contributed by atoms with E-state index in [0.29, 0.717) is 11.3 Å². The molecule has 27 heavy (non-hydrogen) atoms. The summed E-state index contributed by atoms with van der Waals surface area (Å²) in [7, 11) is 1.50. The van der Waals surface area contributed by atoms with Gasteiger partial charge in [0.15, 0.2) is 0 Å². The average Bonchev–Trinajstić information content (AvgIpc) is 2.57. The van der Waals surface area contributed by atoms with Crippen molar-refractivity contribution in [1.29, 1.82) is 0 Å². The summed E-state index contributed by atoms with van der Waals surface area (Å²) in [6.45, 7) is 3.53. The van der Waals surface area contributed by atoms with Gasteiger partial charge in [0.05, 0.1) is 6.54 Å². The third kappa shape index (κ3) is 5.73. The van der Waals surface area contributed by atoms with Gasteiger partial charge in [-0.05, 0) is 55.3 Å². The van der Waals surface area contributed by atoms with Crippen LogP contribution in [0.15, 0.2) is 42.5 Å². The van der Waals surface area contributed by atoms with E-state index in [-0.39, 0.29) is 18.2 Å². The number of nitrogens with one attached hydrogen (secondary N) is 1. The maximum atomic E-state index is 12.5. The second-order valence-electron chi connectivity index (χ2n) is 6.03. The molecule has 0 aliphatic carbocycles. The van der Waals surface area contributed by atoms with Crippen LogP contribution in [0.25, 0.3) is 0 Å². The number of aryl methyl sites for hydroxylation is 1. The molecule has 0 aliphatic rings. The minimum atomic E-state index is -4.78. The van der Waals surface area contributed by atoms with Gasteiger partial charge in [0, 0.05) is 18.3 Å². The van der Waals surface area contributed by atoms with E-state index in [1.54, 1.807) is 12.1 Å². The number of ether oxygens (including phenoxy) is 1. The number of anilines is 1. The number of nitrogens with zero attached hydrogens (tertiary/aromatic N) is 1. The molecule has 5 nitrogen and oxygen atoms in total. The first-order chi connectivity index (χ1) is 12.6. The number of carbonyl (C=O) groups excluding carboxylic acids is 2. The zero-order valence-corrected chi connectivity index (χ0v) is 15.1. The fourth-order valence-corrected chi connectivity index (χ4v) is 2.42. The van der Waals surface area contributed by atoms with E-state index in [0.717, 1.165) is 23.3 Å². The summed E-state index contributed by atoms with van der Waals surface area (Å²) in [5.74, 6) is -1.15. The Balaban J connectivity index is 1.96. The molecule has 2 aromatic carbocycles. The Morgan fingerprint density at radius 1 is 1.07 bits per heavy atom. The molecule has 0 heterocycles. The highest BCUT2D eigenvalue weighted by Gasteiger charge is 2.31. The SMILES string of the molecule is Cc1cccc(C(=O)N(C)CC(=O)Nc2ccc(OC(F)(F)F)cc2)c1C. The second kappa shape index (κ2) is 8.11. The first-order valence-electron chi connectivity index (χ1n) is 8.04. The van der Waals surface area contributed by atoms with Crippen LogP contribution in [-0.4, -0.2) is 36.7 Å². The Kier molecular flexibility index (Phi) is 6.09. The van der Waals surface area contributed by atoms with Gasteiger partial charge in [0.2, 0.25) is 5.91 Å². The molecule has 2 amide bonds. The van der Waals surface area contributed by atoms with Crippen LogP contribution in [0, 0.1) is 13.8 Å². The molecular formula is C19H19F3N2O3. The largest absolute Gasteiger partial charge is 0.573 e. The first-order valence-corrected chi connectivity index (χ1v) is 8.04. The van der Waals surface area contributed by atoms with E-state index < -0.39 is 12.3 Å². The van der Waals surface area contributed by atoms with Crippen LogP contribution in [0.5, 0.6) is 5.75 Å². The number of benzene rings is 2. The highest BCUT2D eigenvalue weighted by molar-refractivity contribution is 6.00. The van der Waals surface area contributed by atoms with E-state index in [4.69, 9.17) is 0 Å². The van der Waals surface area contributed by atoms with Crippen molar-refractivity contribution in [2.24, 2.45) is 0 Å². The Hall–Kier alpha value is -3.03. The third-order valence-corrected chi connectivity index (χ3v) is 3.93. The van der Waals surface area contributed by atoms with Crippen LogP contribution >= 0.6 is 0 Å². The van der Waals surface area contributed by atoms with Crippen LogP contribution in [0.3, 0.4) is 0 Å². The summed E-state index contributed by atoms with van der Waals surface area (Å²) < 4.78 is 40.2. The van der Waals surface area contributed by atoms with Gasteiger partial charge in [0.25, 0.3) is 5.91 Å². The molecule has 0 fully saturated rings. The van der Waals surface area contributed by atoms with E-state index in [2.05, 4.69) is 10.1 Å². The molecular weight excluding hydrogens is 361 g/mol. The smallest absolute Gasteiger partial charge is 0.406 e. The summed E-state index contributed by atoms with van der Waals surface area (Å²) in [6, 6.07) is 10.1. The van der Waals surface area contributed by atoms with Gasteiger partial charge in [-0.3, -0.25) is 9.59 Å². The molecule has 2 aromatic rings. The molecule has 1 N–H and O–H groups in total. The maximum absolute atomic E-state index is 12.5. The number of halogens is 3. The number of carbonyl (C=O) groups is 2. The highest BCUT2D eigenvalue weighted by atomic mass is 19.4. The van der Waals surface area contributed by atoms with Crippen molar-refractivity contribution in [1.82, 2.24) is 4.90 Å². The van der Waals surface area contributed by atoms with Crippen LogP contribution < -0.4 is 10.1 Å². The lowest BCUT2D eigenvalue weighted by Gasteiger charge is -2.18. The topological polar surface area (TPSA) is 58.6 Å². The number of rotatable bonds is 5. The minimum absolute atomic E-state index is 0.201. The summed E-state index contributed by atoms with van der Waals surface area (Å²) in [5, 5.41) is 2.53. The molecule has 0 spiro atoms. The van der Waals surface area contributed by atoms with Crippen molar-refractivity contribution >= 4 is 17.5 Å². The number of hydrogen-bond acceptors (Lipinski definition) is 3. The fraction of sp³-hybridized carbons (Fsp3) is 0.263. The predicted molar refractivity (Wildman–Crippen MR) is 94.6 cm³/mol. The van der Waals surface area contributed by atoms with Gasteiger partial charge in [-0.25, -0.2) is 0 Å². The van der Waals surface area contributed by atoms with Gasteiger partial charge >= 0.3 is 6.36 Å². The summed E-state index contributed by atoms with van der Waals surface area (Å²) >= 11 is 0. The Bertz CT molecular complexity index is 833. The lowest BCUT2D eigenvalue weighted by molar-refractivity contribution is -0.274. The maximum Gasteiger partial charge on any atom is 0.573 e. The van der Waals surface area contributed by atoms with Crippen molar-refractivity contribution in [2.45, 2.75) is 20.2 Å². The molecule has 0 aromatic heterocycles. The molecule has 0 saturated carbocycles. The third-order valence-electron chi connectivity index (χ3n) is 3.93. The lowest BCUT2D eigenvalue weighted by Crippen LogP contribution is -2.35. The van der Waals surface area contributed by atoms with Crippen LogP contribution in [0.2, 0.25) is 0 Å². The number of alkyl halides is 3. The Morgan fingerprint density at radius 3 is 2.30 bits per heavy atom. The molecule has 0 atom stereocenters. The quantitative estimate of drug-likeness (QED) is 0.856. The zero-order chi connectivity index (χ0) is 20.2. The lowest BCUT2D eigenvalue weighted by atomic mass is 10.0. The van der Waals surface area contributed by atoms with Crippen LogP contribution in [-0.2, 0) is 4.79 Å². The minimum Gasteiger partial charge on any atom is -0.406 e. The van der Waals surface area contributed by atoms with Crippen LogP contribution in [0.1, 0.15) is 21.5 Å². The van der Waals surface area contributed by atoms with Crippen molar-refractivity contribution in [2.75, 3.05) is 18.9 Å². The van der Waals surface area contributed by atoms with Crippen molar-refractivity contribution in [3.05, 3.63) is 59.2 Å². The van der Waals surface area contributed by atoms with Crippen molar-refractivity contribution in [3.63, 3.8) is 0 Å². The molecule has 8 heteroatoms. The fourth-order valence-electron chi connectivity index (χ4n) is 2.42. The van der Waals surface area contributed by atoms with Gasteiger partial charge in [-0.1, -0.05) is 12.1 Å². The van der Waals surface area contributed by atoms with E-state index in [1.165, 1.54) is 24.1 Å². The summed E-state index contributed by atoms with van der Waals surface area (Å²) in [4.78, 5) is 25.9. The second-order valence-corrected chi connectivity index (χ2v) is 6.03. The zero-order valence-electron chi connectivity index (χ0n) is 15.1. The summed E-state index contributed by atoms with van der Waals surface area (Å²) in [5.41, 5.74) is 2.62. The van der Waals surface area contributed by atoms with E-state index in [9.17, 15) is 22.8 Å². The van der Waals surface area contributed by atoms with Gasteiger partial charge < -0.3 is 15.0 Å². The number of likely N-dealkylation sites (N-methyl/N-ethyl adjacent to an activating group) is 1. The van der Waals surface area contributed by atoms with Gasteiger partial charge in [-0.2, -0.15) is 0 Å². The van der Waals surface area contributed by atoms with Crippen molar-refractivity contribution < 1.29 is 27.5 Å². The van der Waals surface area contributed by atoms with Crippen molar-refractivity contribution in [3.8, 4) is 5.75 Å². The van der Waals surface area contributed by atoms with E-state index in [1.807, 2.05) is 19.9 Å². The monoisotopic (exact) mass is 380 g/mol. The van der Waals surface area contributed by atoms with E-state index >= 15 is 0 Å². The first kappa shape index (κ1) is 20.3. The molecule has 0 saturated heterocycles. The summed E-state index contributed by atoms with van der Waals surface area (Å²) in [6.07, 6.45) is -4.78. The predicted octanol–water partition coefficient (Wildman–Crippen LogP) is 3.91. The molecule has 0 radical (unpaired) electrons. The van der Waals surface area contributed by atoms with Gasteiger partial charge in [0.1, 0.15) is 5.75 Å². The Labute approximate surface area is 154 Å². The van der Waals surface area contributed by atoms with Crippen LogP contribution in [0.4, 0.5) is 18.9 Å². The van der Waals surface area contributed by atoms with Gasteiger partial charge in [-0.15, -0.1) is 13.2 Å². The molecule has 2 rings (SSSR count). The normalized spacial score (nSPS) is 11.0.